The molecule has 0 N–H and O–H groups in total. The largest absolute Gasteiger partial charge is 0.487 e. The molecule has 0 saturated carbocycles. The topological polar surface area (TPSA) is 89.8 Å². The summed E-state index contributed by atoms with van der Waals surface area (Å²) in [6.45, 7) is 0.819. The number of rotatable bonds is 5. The zero-order valence-corrected chi connectivity index (χ0v) is 15.8. The summed E-state index contributed by atoms with van der Waals surface area (Å²) in [7, 11) is -3.56. The minimum absolute atomic E-state index is 0.0386. The van der Waals surface area contributed by atoms with Gasteiger partial charge in [0.05, 0.1) is 9.82 Å². The summed E-state index contributed by atoms with van der Waals surface area (Å²) in [5, 5.41) is 11.4. The zero-order chi connectivity index (χ0) is 20.5. The van der Waals surface area contributed by atoms with Crippen molar-refractivity contribution in [3.63, 3.8) is 0 Å². The van der Waals surface area contributed by atoms with Crippen molar-refractivity contribution in [3.8, 4) is 5.75 Å². The molecule has 0 aliphatic carbocycles. The highest BCUT2D eigenvalue weighted by molar-refractivity contribution is 7.90. The fourth-order valence-corrected chi connectivity index (χ4v) is 3.75. The van der Waals surface area contributed by atoms with Crippen LogP contribution in [0.1, 0.15) is 12.8 Å². The van der Waals surface area contributed by atoms with Gasteiger partial charge in [-0.2, -0.15) is 0 Å². The first-order valence-corrected chi connectivity index (χ1v) is 10.4. The van der Waals surface area contributed by atoms with Crippen LogP contribution in [0.15, 0.2) is 41.3 Å². The molecule has 0 aromatic heterocycles. The molecule has 1 fully saturated rings. The monoisotopic (exact) mass is 412 g/mol. The average molecular weight is 412 g/mol. The molecule has 3 rings (SSSR count). The average Bonchev–Trinajstić information content (AvgIpc) is 2.63. The van der Waals surface area contributed by atoms with Gasteiger partial charge < -0.3 is 9.64 Å². The third-order valence-corrected chi connectivity index (χ3v) is 5.65. The van der Waals surface area contributed by atoms with Crippen molar-refractivity contribution in [2.45, 2.75) is 23.8 Å². The lowest BCUT2D eigenvalue weighted by Crippen LogP contribution is -2.38. The van der Waals surface area contributed by atoms with Gasteiger partial charge in [0.2, 0.25) is 0 Å². The van der Waals surface area contributed by atoms with Gasteiger partial charge in [0, 0.05) is 44.3 Å². The van der Waals surface area contributed by atoms with Crippen LogP contribution in [0.25, 0.3) is 0 Å². The maximum Gasteiger partial charge on any atom is 0.293 e. The van der Waals surface area contributed by atoms with Crippen molar-refractivity contribution >= 4 is 21.2 Å². The Balaban J connectivity index is 1.73. The van der Waals surface area contributed by atoms with Gasteiger partial charge in [-0.15, -0.1) is 0 Å². The minimum atomic E-state index is -3.56. The van der Waals surface area contributed by atoms with Crippen LogP contribution >= 0.6 is 0 Å². The summed E-state index contributed by atoms with van der Waals surface area (Å²) in [4.78, 5) is 12.4. The van der Waals surface area contributed by atoms with E-state index in [1.807, 2.05) is 0 Å². The van der Waals surface area contributed by atoms with Crippen LogP contribution in [0.3, 0.4) is 0 Å². The van der Waals surface area contributed by atoms with Gasteiger partial charge >= 0.3 is 0 Å². The molecule has 10 heteroatoms. The lowest BCUT2D eigenvalue weighted by atomic mass is 10.1. The van der Waals surface area contributed by atoms with E-state index in [-0.39, 0.29) is 22.4 Å². The number of anilines is 1. The van der Waals surface area contributed by atoms with E-state index in [0.717, 1.165) is 24.5 Å². The summed E-state index contributed by atoms with van der Waals surface area (Å²) < 4.78 is 55.6. The number of nitro benzene ring substituents is 1. The minimum Gasteiger partial charge on any atom is -0.487 e. The number of hydrogen-bond acceptors (Lipinski definition) is 6. The molecule has 1 saturated heterocycles. The summed E-state index contributed by atoms with van der Waals surface area (Å²) in [6.07, 6.45) is 1.62. The standard InChI is InChI=1S/C18H18F2N2O5S/c1-28(25,26)14-3-4-16(17(11-14)22(23)24)21-8-6-13(7-9-21)27-18-5-2-12(19)10-15(18)20/h2-5,10-11,13H,6-9H2,1H3. The highest BCUT2D eigenvalue weighted by Crippen LogP contribution is 2.33. The van der Waals surface area contributed by atoms with Gasteiger partial charge in [-0.3, -0.25) is 10.1 Å². The van der Waals surface area contributed by atoms with Gasteiger partial charge in [0.25, 0.3) is 5.69 Å². The first-order chi connectivity index (χ1) is 13.1. The normalized spacial score (nSPS) is 15.5. The highest BCUT2D eigenvalue weighted by Gasteiger charge is 2.27. The Kier molecular flexibility index (Phi) is 5.50. The Morgan fingerprint density at radius 2 is 1.82 bits per heavy atom. The molecular formula is C18H18F2N2O5S. The molecule has 1 aliphatic heterocycles. The molecule has 150 valence electrons. The third-order valence-electron chi connectivity index (χ3n) is 4.54. The lowest BCUT2D eigenvalue weighted by molar-refractivity contribution is -0.384. The van der Waals surface area contributed by atoms with Gasteiger partial charge in [0.1, 0.15) is 17.6 Å². The maximum atomic E-state index is 13.7. The van der Waals surface area contributed by atoms with E-state index in [0.29, 0.717) is 31.6 Å². The molecule has 0 amide bonds. The van der Waals surface area contributed by atoms with Crippen molar-refractivity contribution in [2.24, 2.45) is 0 Å². The number of nitro groups is 1. The predicted molar refractivity (Wildman–Crippen MR) is 98.4 cm³/mol. The maximum absolute atomic E-state index is 13.7. The molecular weight excluding hydrogens is 394 g/mol. The van der Waals surface area contributed by atoms with E-state index in [1.165, 1.54) is 18.2 Å². The van der Waals surface area contributed by atoms with E-state index < -0.39 is 26.4 Å². The second-order valence-corrected chi connectivity index (χ2v) is 8.57. The van der Waals surface area contributed by atoms with Crippen LogP contribution in [0, 0.1) is 21.7 Å². The number of piperidine rings is 1. The molecule has 1 heterocycles. The van der Waals surface area contributed by atoms with Crippen LogP contribution in [-0.2, 0) is 9.84 Å². The second kappa shape index (κ2) is 7.70. The SMILES string of the molecule is CS(=O)(=O)c1ccc(N2CCC(Oc3ccc(F)cc3F)CC2)c([N+](=O)[O-])c1. The van der Waals surface area contributed by atoms with Crippen molar-refractivity contribution < 1.29 is 26.9 Å². The molecule has 28 heavy (non-hydrogen) atoms. The smallest absolute Gasteiger partial charge is 0.293 e. The summed E-state index contributed by atoms with van der Waals surface area (Å²) >= 11 is 0. The van der Waals surface area contributed by atoms with Gasteiger partial charge in [0.15, 0.2) is 21.4 Å². The first kappa shape index (κ1) is 20.0. The Morgan fingerprint density at radius 3 is 2.39 bits per heavy atom. The number of benzene rings is 2. The van der Waals surface area contributed by atoms with Crippen LogP contribution in [0.5, 0.6) is 5.75 Å². The van der Waals surface area contributed by atoms with Crippen molar-refractivity contribution in [1.82, 2.24) is 0 Å². The second-order valence-electron chi connectivity index (χ2n) is 6.56. The number of sulfone groups is 1. The Labute approximate surface area is 160 Å². The van der Waals surface area contributed by atoms with Gasteiger partial charge in [-0.05, 0) is 24.3 Å². The van der Waals surface area contributed by atoms with E-state index in [9.17, 15) is 27.3 Å². The third kappa shape index (κ3) is 4.38. The number of halogens is 2. The highest BCUT2D eigenvalue weighted by atomic mass is 32.2. The Morgan fingerprint density at radius 1 is 1.14 bits per heavy atom. The molecule has 1 aliphatic rings. The molecule has 0 radical (unpaired) electrons. The first-order valence-electron chi connectivity index (χ1n) is 8.50. The van der Waals surface area contributed by atoms with Crippen molar-refractivity contribution in [3.05, 3.63) is 58.1 Å². The number of nitrogens with zero attached hydrogens (tertiary/aromatic N) is 2. The zero-order valence-electron chi connectivity index (χ0n) is 15.0. The Hall–Kier alpha value is -2.75. The van der Waals surface area contributed by atoms with E-state index in [2.05, 4.69) is 0 Å². The van der Waals surface area contributed by atoms with Gasteiger partial charge in [-0.1, -0.05) is 0 Å². The molecule has 0 unspecified atom stereocenters. The summed E-state index contributed by atoms with van der Waals surface area (Å²) in [5.41, 5.74) is 0.0377. The predicted octanol–water partition coefficient (Wildman–Crippen LogP) is 3.32. The van der Waals surface area contributed by atoms with Gasteiger partial charge in [-0.25, -0.2) is 17.2 Å². The number of hydrogen-bond donors (Lipinski definition) is 0. The van der Waals surface area contributed by atoms with Crippen LogP contribution < -0.4 is 9.64 Å². The fourth-order valence-electron chi connectivity index (χ4n) is 3.11. The molecule has 2 aromatic carbocycles. The van der Waals surface area contributed by atoms with E-state index >= 15 is 0 Å². The molecule has 2 aromatic rings. The molecule has 0 atom stereocenters. The molecule has 0 spiro atoms. The van der Waals surface area contributed by atoms with Crippen LogP contribution in [-0.4, -0.2) is 38.8 Å². The van der Waals surface area contributed by atoms with Crippen molar-refractivity contribution in [2.75, 3.05) is 24.2 Å². The van der Waals surface area contributed by atoms with E-state index in [1.54, 1.807) is 4.90 Å². The quantitative estimate of drug-likeness (QED) is 0.553. The van der Waals surface area contributed by atoms with E-state index in [4.69, 9.17) is 4.74 Å². The van der Waals surface area contributed by atoms with Crippen molar-refractivity contribution in [1.29, 1.82) is 0 Å². The van der Waals surface area contributed by atoms with Crippen LogP contribution in [0.4, 0.5) is 20.2 Å². The fraction of sp³-hybridized carbons (Fsp3) is 0.333. The summed E-state index contributed by atoms with van der Waals surface area (Å²) in [5.74, 6) is -1.51. The number of ether oxygens (including phenoxy) is 1. The molecule has 0 bridgehead atoms. The Bertz CT molecular complexity index is 1010. The summed E-state index contributed by atoms with van der Waals surface area (Å²) in [6, 6.07) is 6.91. The van der Waals surface area contributed by atoms with Crippen LogP contribution in [0.2, 0.25) is 0 Å². The molecule has 7 nitrogen and oxygen atoms in total. The lowest BCUT2D eigenvalue weighted by Gasteiger charge is -2.33.